The van der Waals surface area contributed by atoms with Crippen LogP contribution in [0.2, 0.25) is 0 Å². The Kier molecular flexibility index (Phi) is 10.5. The number of fused-ring (bicyclic) bond motifs is 1. The molecule has 4 N–H and O–H groups in total. The van der Waals surface area contributed by atoms with Crippen LogP contribution in [-0.2, 0) is 30.3 Å². The first-order chi connectivity index (χ1) is 14.2. The van der Waals surface area contributed by atoms with Gasteiger partial charge in [-0.05, 0) is 45.7 Å². The largest absolute Gasteiger partial charge is 0.462 e. The van der Waals surface area contributed by atoms with Crippen LogP contribution in [0.3, 0.4) is 0 Å². The molecule has 0 aliphatic rings. The molecule has 0 unspecified atom stereocenters. The quantitative estimate of drug-likeness (QED) is 0.475. The minimum atomic E-state index is -0.896. The van der Waals surface area contributed by atoms with Crippen LogP contribution in [0.4, 0.5) is 0 Å². The predicted molar refractivity (Wildman–Crippen MR) is 121 cm³/mol. The third-order valence-corrected chi connectivity index (χ3v) is 4.41. The lowest BCUT2D eigenvalue weighted by atomic mass is 10.0. The second-order valence-corrected chi connectivity index (χ2v) is 7.80. The van der Waals surface area contributed by atoms with E-state index in [1.54, 1.807) is 27.7 Å². The third kappa shape index (κ3) is 8.22. The summed E-state index contributed by atoms with van der Waals surface area (Å²) in [6.45, 7) is 6.96. The maximum atomic E-state index is 12.6. The van der Waals surface area contributed by atoms with Crippen LogP contribution in [0.15, 0.2) is 30.5 Å². The minimum Gasteiger partial charge on any atom is -0.462 e. The van der Waals surface area contributed by atoms with Gasteiger partial charge in [-0.25, -0.2) is 4.79 Å². The summed E-state index contributed by atoms with van der Waals surface area (Å²) in [4.78, 5) is 40.0. The van der Waals surface area contributed by atoms with Crippen LogP contribution in [0.25, 0.3) is 10.9 Å². The first-order valence-corrected chi connectivity index (χ1v) is 10.2. The highest BCUT2D eigenvalue weighted by Gasteiger charge is 2.26. The first kappa shape index (κ1) is 26.5. The van der Waals surface area contributed by atoms with Gasteiger partial charge in [0.1, 0.15) is 12.1 Å². The van der Waals surface area contributed by atoms with Gasteiger partial charge in [-0.2, -0.15) is 0 Å². The Morgan fingerprint density at radius 3 is 2.29 bits per heavy atom. The SMILES string of the molecule is CC(C)OC(=O)[C@H](N)CCC(=O)N[C@H](Cc1c[nH]c2ccccc12)C(=O)OC(C)C.Cl. The Bertz CT molecular complexity index is 881. The van der Waals surface area contributed by atoms with Gasteiger partial charge in [-0.3, -0.25) is 9.59 Å². The van der Waals surface area contributed by atoms with Crippen molar-refractivity contribution in [1.82, 2.24) is 10.3 Å². The summed E-state index contributed by atoms with van der Waals surface area (Å²) in [6, 6.07) is 5.98. The number of aromatic amines is 1. The van der Waals surface area contributed by atoms with Gasteiger partial charge in [0.05, 0.1) is 12.2 Å². The number of benzene rings is 1. The van der Waals surface area contributed by atoms with E-state index >= 15 is 0 Å². The maximum absolute atomic E-state index is 12.6. The highest BCUT2D eigenvalue weighted by Crippen LogP contribution is 2.19. The van der Waals surface area contributed by atoms with Crippen molar-refractivity contribution in [3.63, 3.8) is 0 Å². The molecule has 0 aliphatic carbocycles. The number of carbonyl (C=O) groups excluding carboxylic acids is 3. The van der Waals surface area contributed by atoms with E-state index in [1.165, 1.54) is 0 Å². The van der Waals surface area contributed by atoms with Crippen LogP contribution in [0.1, 0.15) is 46.1 Å². The topological polar surface area (TPSA) is 124 Å². The molecule has 0 aliphatic heterocycles. The van der Waals surface area contributed by atoms with Gasteiger partial charge < -0.3 is 25.5 Å². The van der Waals surface area contributed by atoms with Crippen molar-refractivity contribution >= 4 is 41.2 Å². The molecule has 172 valence electrons. The standard InChI is InChI=1S/C22H31N3O5.ClH/c1-13(2)29-21(27)17(23)9-10-20(26)25-19(22(28)30-14(3)4)11-15-12-24-18-8-6-5-7-16(15)18;/h5-8,12-14,17,19,24H,9-11,23H2,1-4H3,(H,25,26);1H/t17-,19-;/m1./s1. The highest BCUT2D eigenvalue weighted by molar-refractivity contribution is 5.87. The molecule has 31 heavy (non-hydrogen) atoms. The number of para-hydroxylation sites is 1. The normalized spacial score (nSPS) is 12.9. The number of nitrogens with two attached hydrogens (primary N) is 1. The van der Waals surface area contributed by atoms with Gasteiger partial charge in [-0.15, -0.1) is 12.4 Å². The number of H-pyrrole nitrogens is 1. The number of hydrogen-bond acceptors (Lipinski definition) is 6. The van der Waals surface area contributed by atoms with Gasteiger partial charge in [-0.1, -0.05) is 18.2 Å². The summed E-state index contributed by atoms with van der Waals surface area (Å²) in [7, 11) is 0. The summed E-state index contributed by atoms with van der Waals surface area (Å²) in [6.07, 6.45) is 1.64. The first-order valence-electron chi connectivity index (χ1n) is 10.2. The molecule has 2 atom stereocenters. The number of halogens is 1. The number of ether oxygens (including phenoxy) is 2. The number of amides is 1. The van der Waals surface area contributed by atoms with E-state index in [4.69, 9.17) is 15.2 Å². The molecule has 8 nitrogen and oxygen atoms in total. The average molecular weight is 454 g/mol. The lowest BCUT2D eigenvalue weighted by molar-refractivity contribution is -0.152. The molecule has 0 saturated heterocycles. The summed E-state index contributed by atoms with van der Waals surface area (Å²) in [5.41, 5.74) is 7.64. The van der Waals surface area contributed by atoms with Crippen molar-refractivity contribution in [2.75, 3.05) is 0 Å². The Balaban J connectivity index is 0.00000480. The van der Waals surface area contributed by atoms with E-state index < -0.39 is 24.0 Å². The highest BCUT2D eigenvalue weighted by atomic mass is 35.5. The molecule has 1 aromatic heterocycles. The zero-order chi connectivity index (χ0) is 22.3. The van der Waals surface area contributed by atoms with Crippen molar-refractivity contribution in [2.24, 2.45) is 5.73 Å². The maximum Gasteiger partial charge on any atom is 0.329 e. The fraction of sp³-hybridized carbons (Fsp3) is 0.500. The Morgan fingerprint density at radius 1 is 1.03 bits per heavy atom. The van der Waals surface area contributed by atoms with Crippen LogP contribution in [-0.4, -0.2) is 47.1 Å². The second kappa shape index (κ2) is 12.3. The molecule has 0 fully saturated rings. The van der Waals surface area contributed by atoms with E-state index in [0.717, 1.165) is 16.5 Å². The number of nitrogens with one attached hydrogen (secondary N) is 2. The van der Waals surface area contributed by atoms with Gasteiger partial charge in [0.25, 0.3) is 0 Å². The third-order valence-electron chi connectivity index (χ3n) is 4.41. The molecule has 0 saturated carbocycles. The van der Waals surface area contributed by atoms with Crippen molar-refractivity contribution in [3.05, 3.63) is 36.0 Å². The molecule has 1 amide bonds. The molecule has 1 heterocycles. The van der Waals surface area contributed by atoms with Crippen LogP contribution < -0.4 is 11.1 Å². The Labute approximate surface area is 188 Å². The molecule has 0 bridgehead atoms. The van der Waals surface area contributed by atoms with Crippen molar-refractivity contribution in [2.45, 2.75) is 71.2 Å². The smallest absolute Gasteiger partial charge is 0.329 e. The van der Waals surface area contributed by atoms with Gasteiger partial charge >= 0.3 is 11.9 Å². The van der Waals surface area contributed by atoms with Gasteiger partial charge in [0.15, 0.2) is 0 Å². The van der Waals surface area contributed by atoms with E-state index in [9.17, 15) is 14.4 Å². The number of aromatic nitrogens is 1. The summed E-state index contributed by atoms with van der Waals surface area (Å²) < 4.78 is 10.4. The van der Waals surface area contributed by atoms with Crippen LogP contribution >= 0.6 is 12.4 Å². The van der Waals surface area contributed by atoms with Gasteiger partial charge in [0, 0.05) is 29.9 Å². The lowest BCUT2D eigenvalue weighted by Crippen LogP contribution is -2.44. The fourth-order valence-electron chi connectivity index (χ4n) is 3.02. The monoisotopic (exact) mass is 453 g/mol. The summed E-state index contributed by atoms with van der Waals surface area (Å²) in [5.74, 6) is -1.44. The molecule has 9 heteroatoms. The number of hydrogen-bond donors (Lipinski definition) is 3. The fourth-order valence-corrected chi connectivity index (χ4v) is 3.02. The number of rotatable bonds is 10. The van der Waals surface area contributed by atoms with E-state index in [2.05, 4.69) is 10.3 Å². The second-order valence-electron chi connectivity index (χ2n) is 7.80. The lowest BCUT2D eigenvalue weighted by Gasteiger charge is -2.20. The van der Waals surface area contributed by atoms with E-state index in [0.29, 0.717) is 0 Å². The molecule has 0 spiro atoms. The van der Waals surface area contributed by atoms with Crippen molar-refractivity contribution in [1.29, 1.82) is 0 Å². The molecule has 2 aromatic rings. The zero-order valence-corrected chi connectivity index (χ0v) is 19.2. The number of esters is 2. The van der Waals surface area contributed by atoms with Crippen LogP contribution in [0, 0.1) is 0 Å². The summed E-state index contributed by atoms with van der Waals surface area (Å²) in [5, 5.41) is 3.70. The summed E-state index contributed by atoms with van der Waals surface area (Å²) >= 11 is 0. The van der Waals surface area contributed by atoms with Gasteiger partial charge in [0.2, 0.25) is 5.91 Å². The molecular formula is C22H32ClN3O5. The van der Waals surface area contributed by atoms with Crippen molar-refractivity contribution < 1.29 is 23.9 Å². The molecule has 0 radical (unpaired) electrons. The predicted octanol–water partition coefficient (Wildman–Crippen LogP) is 2.63. The van der Waals surface area contributed by atoms with E-state index in [1.807, 2.05) is 30.5 Å². The zero-order valence-electron chi connectivity index (χ0n) is 18.3. The van der Waals surface area contributed by atoms with Crippen LogP contribution in [0.5, 0.6) is 0 Å². The van der Waals surface area contributed by atoms with Crippen molar-refractivity contribution in [3.8, 4) is 0 Å². The Hall–Kier alpha value is -2.58. The average Bonchev–Trinajstić information content (AvgIpc) is 3.07. The molecule has 1 aromatic carbocycles. The Morgan fingerprint density at radius 2 is 1.65 bits per heavy atom. The van der Waals surface area contributed by atoms with E-state index in [-0.39, 0.29) is 49.8 Å². The molecular weight excluding hydrogens is 422 g/mol. The minimum absolute atomic E-state index is 0. The molecule has 2 rings (SSSR count). The number of carbonyl (C=O) groups is 3.